The van der Waals surface area contributed by atoms with Crippen molar-refractivity contribution in [3.63, 3.8) is 0 Å². The van der Waals surface area contributed by atoms with Crippen LogP contribution in [-0.4, -0.2) is 8.07 Å². The van der Waals surface area contributed by atoms with Crippen molar-refractivity contribution in [2.24, 2.45) is 0 Å². The fourth-order valence-electron chi connectivity index (χ4n) is 9.50. The molecule has 0 fully saturated rings. The zero-order chi connectivity index (χ0) is 40.6. The first-order valence-corrected chi connectivity index (χ1v) is 23.7. The highest BCUT2D eigenvalue weighted by Gasteiger charge is 2.41. The van der Waals surface area contributed by atoms with Crippen LogP contribution in [0.5, 0.6) is 0 Å². The molecule has 0 bridgehead atoms. The van der Waals surface area contributed by atoms with Gasteiger partial charge < -0.3 is 4.90 Å². The predicted octanol–water partition coefficient (Wildman–Crippen LogP) is 13.4. The van der Waals surface area contributed by atoms with E-state index in [9.17, 15) is 0 Å². The van der Waals surface area contributed by atoms with Gasteiger partial charge >= 0.3 is 0 Å². The quantitative estimate of drug-likeness (QED) is 0.104. The summed E-state index contributed by atoms with van der Waals surface area (Å²) in [5.41, 5.74) is 8.30. The lowest BCUT2D eigenvalue weighted by Gasteiger charge is -2.35. The molecule has 0 saturated carbocycles. The van der Waals surface area contributed by atoms with Gasteiger partial charge in [-0.05, 0) is 90.2 Å². The first-order chi connectivity index (χ1) is 30.3. The molecule has 0 aliphatic rings. The Kier molecular flexibility index (Phi) is 9.46. The minimum Gasteiger partial charge on any atom is -0.309 e. The van der Waals surface area contributed by atoms with Crippen molar-refractivity contribution in [1.82, 2.24) is 0 Å². The van der Waals surface area contributed by atoms with Crippen LogP contribution in [-0.2, 0) is 0 Å². The second kappa shape index (κ2) is 15.7. The fourth-order valence-corrected chi connectivity index (χ4v) is 15.5. The van der Waals surface area contributed by atoms with E-state index >= 15 is 0 Å². The van der Waals surface area contributed by atoms with E-state index < -0.39 is 8.07 Å². The normalized spacial score (nSPS) is 11.6. The zero-order valence-corrected chi connectivity index (χ0v) is 35.3. The maximum Gasteiger partial charge on any atom is 0.179 e. The molecule has 3 heteroatoms. The van der Waals surface area contributed by atoms with Crippen molar-refractivity contribution < 1.29 is 0 Å². The summed E-state index contributed by atoms with van der Waals surface area (Å²) in [5, 5.41) is 10.5. The Morgan fingerprint density at radius 2 is 0.885 bits per heavy atom. The van der Waals surface area contributed by atoms with Gasteiger partial charge in [-0.15, -0.1) is 11.3 Å². The Hall–Kier alpha value is -7.30. The molecule has 11 rings (SSSR count). The molecule has 1 aromatic heterocycles. The number of anilines is 3. The van der Waals surface area contributed by atoms with E-state index in [-0.39, 0.29) is 0 Å². The first-order valence-electron chi connectivity index (χ1n) is 20.9. The molecule has 0 spiro atoms. The molecule has 0 aliphatic carbocycles. The van der Waals surface area contributed by atoms with Crippen LogP contribution < -0.4 is 25.6 Å². The van der Waals surface area contributed by atoms with E-state index in [1.807, 2.05) is 11.3 Å². The molecule has 288 valence electrons. The van der Waals surface area contributed by atoms with Crippen molar-refractivity contribution >= 4 is 88.2 Å². The van der Waals surface area contributed by atoms with Crippen molar-refractivity contribution in [1.29, 1.82) is 0 Å². The highest BCUT2D eigenvalue weighted by Crippen LogP contribution is 2.45. The summed E-state index contributed by atoms with van der Waals surface area (Å²) < 4.78 is 2.57. The van der Waals surface area contributed by atoms with Crippen LogP contribution in [0.3, 0.4) is 0 Å². The molecular formula is C58H41NSSi. The zero-order valence-electron chi connectivity index (χ0n) is 33.5. The van der Waals surface area contributed by atoms with Gasteiger partial charge in [0.2, 0.25) is 0 Å². The van der Waals surface area contributed by atoms with Crippen LogP contribution in [0, 0.1) is 0 Å². The lowest BCUT2D eigenvalue weighted by Crippen LogP contribution is -2.74. The third-order valence-corrected chi connectivity index (χ3v) is 18.2. The molecule has 1 heterocycles. The largest absolute Gasteiger partial charge is 0.309 e. The second-order valence-corrected chi connectivity index (χ2v) is 20.5. The van der Waals surface area contributed by atoms with Crippen LogP contribution in [0.15, 0.2) is 249 Å². The van der Waals surface area contributed by atoms with E-state index in [1.54, 1.807) is 0 Å². The Morgan fingerprint density at radius 1 is 0.344 bits per heavy atom. The molecule has 0 radical (unpaired) electrons. The smallest absolute Gasteiger partial charge is 0.179 e. The molecule has 0 N–H and O–H groups in total. The van der Waals surface area contributed by atoms with E-state index in [4.69, 9.17) is 0 Å². The van der Waals surface area contributed by atoms with E-state index in [0.717, 1.165) is 11.4 Å². The summed E-state index contributed by atoms with van der Waals surface area (Å²) in [5.74, 6) is 0. The van der Waals surface area contributed by atoms with Crippen LogP contribution in [0.25, 0.3) is 53.2 Å². The Bertz CT molecular complexity index is 3190. The lowest BCUT2D eigenvalue weighted by molar-refractivity contribution is 1.30. The van der Waals surface area contributed by atoms with E-state index in [1.165, 1.54) is 79.6 Å². The second-order valence-electron chi connectivity index (χ2n) is 15.6. The van der Waals surface area contributed by atoms with Gasteiger partial charge in [-0.25, -0.2) is 0 Å². The molecule has 0 saturated heterocycles. The number of rotatable bonds is 9. The standard InChI is InChI=1S/C58H41NSSi/c1-5-20-44(21-6-1)57-51-30-14-13-19-42(51)37-40-52(57)43-35-38-45(39-36-43)59(55-33-18-32-54-53-31-15-16-34-56(53)60-58(54)55)46-22-17-29-50(41-46)61(47-23-7-2-8-24-47,48-25-9-3-10-26-48)49-27-11-4-12-28-49/h1-41H. The lowest BCUT2D eigenvalue weighted by atomic mass is 9.90. The van der Waals surface area contributed by atoms with Gasteiger partial charge in [-0.2, -0.15) is 0 Å². The summed E-state index contributed by atoms with van der Waals surface area (Å²) in [6, 6.07) is 91.9. The number of nitrogens with zero attached hydrogens (tertiary/aromatic N) is 1. The predicted molar refractivity (Wildman–Crippen MR) is 266 cm³/mol. The van der Waals surface area contributed by atoms with Gasteiger partial charge in [0, 0.05) is 26.8 Å². The third-order valence-electron chi connectivity index (χ3n) is 12.2. The van der Waals surface area contributed by atoms with E-state index in [2.05, 4.69) is 254 Å². The molecule has 0 atom stereocenters. The molecule has 0 aliphatic heterocycles. The van der Waals surface area contributed by atoms with Crippen molar-refractivity contribution in [2.75, 3.05) is 4.90 Å². The molecule has 10 aromatic carbocycles. The average Bonchev–Trinajstić information content (AvgIpc) is 3.73. The van der Waals surface area contributed by atoms with Gasteiger partial charge in [0.05, 0.1) is 10.4 Å². The molecule has 61 heavy (non-hydrogen) atoms. The van der Waals surface area contributed by atoms with Gasteiger partial charge in [-0.3, -0.25) is 0 Å². The third kappa shape index (κ3) is 6.38. The number of thiophene rings is 1. The van der Waals surface area contributed by atoms with Gasteiger partial charge in [-0.1, -0.05) is 212 Å². The highest BCUT2D eigenvalue weighted by molar-refractivity contribution is 7.26. The van der Waals surface area contributed by atoms with Crippen molar-refractivity contribution in [3.05, 3.63) is 249 Å². The highest BCUT2D eigenvalue weighted by atomic mass is 32.1. The van der Waals surface area contributed by atoms with Crippen LogP contribution >= 0.6 is 11.3 Å². The van der Waals surface area contributed by atoms with Gasteiger partial charge in [0.1, 0.15) is 0 Å². The van der Waals surface area contributed by atoms with Crippen LogP contribution in [0.1, 0.15) is 0 Å². The topological polar surface area (TPSA) is 3.24 Å². The van der Waals surface area contributed by atoms with Crippen LogP contribution in [0.4, 0.5) is 17.1 Å². The summed E-state index contributed by atoms with van der Waals surface area (Å²) >= 11 is 1.87. The number of hydrogen-bond acceptors (Lipinski definition) is 2. The summed E-state index contributed by atoms with van der Waals surface area (Å²) in [6.45, 7) is 0. The Labute approximate surface area is 362 Å². The van der Waals surface area contributed by atoms with Crippen LogP contribution in [0.2, 0.25) is 0 Å². The number of hydrogen-bond donors (Lipinski definition) is 0. The average molecular weight is 812 g/mol. The number of fused-ring (bicyclic) bond motifs is 4. The Balaban J connectivity index is 1.14. The van der Waals surface area contributed by atoms with E-state index in [0.29, 0.717) is 0 Å². The first kappa shape index (κ1) is 36.8. The molecule has 1 nitrogen and oxygen atoms in total. The molecule has 0 amide bonds. The van der Waals surface area contributed by atoms with Crippen molar-refractivity contribution in [2.45, 2.75) is 0 Å². The monoisotopic (exact) mass is 811 g/mol. The summed E-state index contributed by atoms with van der Waals surface area (Å²) in [4.78, 5) is 2.49. The van der Waals surface area contributed by atoms with Gasteiger partial charge in [0.25, 0.3) is 0 Å². The SMILES string of the molecule is c1ccc(-c2c(-c3ccc(N(c4cccc([Si](c5ccccc5)(c5ccccc5)c5ccccc5)c4)c4cccc5c4sc4ccccc45)cc3)ccc3ccccc23)cc1. The van der Waals surface area contributed by atoms with Crippen molar-refractivity contribution in [3.8, 4) is 22.3 Å². The molecule has 11 aromatic rings. The Morgan fingerprint density at radius 3 is 1.56 bits per heavy atom. The fraction of sp³-hybridized carbons (Fsp3) is 0. The maximum absolute atomic E-state index is 2.80. The molecular weight excluding hydrogens is 771 g/mol. The minimum atomic E-state index is -2.80. The summed E-state index contributed by atoms with van der Waals surface area (Å²) in [6.07, 6.45) is 0. The minimum absolute atomic E-state index is 1.11. The number of benzene rings is 10. The van der Waals surface area contributed by atoms with Gasteiger partial charge in [0.15, 0.2) is 8.07 Å². The molecule has 0 unspecified atom stereocenters. The maximum atomic E-state index is 2.49. The summed E-state index contributed by atoms with van der Waals surface area (Å²) in [7, 11) is -2.80.